The molecule has 0 atom stereocenters. The molecule has 2 rings (SSSR count). The van der Waals surface area contributed by atoms with Crippen molar-refractivity contribution in [2.24, 2.45) is 0 Å². The van der Waals surface area contributed by atoms with Gasteiger partial charge >= 0.3 is 0 Å². The molecule has 1 N–H and O–H groups in total. The maximum absolute atomic E-state index is 5.86. The second-order valence-electron chi connectivity index (χ2n) is 3.02. The van der Waals surface area contributed by atoms with Crippen LogP contribution in [0.15, 0.2) is 27.6 Å². The Labute approximate surface area is 92.2 Å². The summed E-state index contributed by atoms with van der Waals surface area (Å²) < 4.78 is 10.3. The summed E-state index contributed by atoms with van der Waals surface area (Å²) in [6.45, 7) is 3.57. The second kappa shape index (κ2) is 4.51. The number of rotatable bonds is 4. The fourth-order valence-corrected chi connectivity index (χ4v) is 1.51. The monoisotopic (exact) mass is 226 g/mol. The van der Waals surface area contributed by atoms with Crippen molar-refractivity contribution in [3.63, 3.8) is 0 Å². The Hall–Kier alpha value is -1.26. The van der Waals surface area contributed by atoms with Crippen LogP contribution in [0.25, 0.3) is 11.3 Å². The molecule has 0 aliphatic heterocycles. The van der Waals surface area contributed by atoms with E-state index < -0.39 is 0 Å². The average molecular weight is 227 g/mol. The number of hydrogen-bond acceptors (Lipinski definition) is 4. The van der Waals surface area contributed by atoms with E-state index in [1.165, 1.54) is 12.7 Å². The molecule has 0 unspecified atom stereocenters. The van der Waals surface area contributed by atoms with E-state index in [1.807, 2.05) is 6.92 Å². The summed E-state index contributed by atoms with van der Waals surface area (Å²) in [7, 11) is 0. The molecule has 0 bridgehead atoms. The van der Waals surface area contributed by atoms with Gasteiger partial charge in [0.05, 0.1) is 11.8 Å². The molecule has 15 heavy (non-hydrogen) atoms. The SMILES string of the molecule is CCNCc1ncoc1-c1ccoc1Cl. The minimum atomic E-state index is 0.324. The molecule has 0 saturated heterocycles. The summed E-state index contributed by atoms with van der Waals surface area (Å²) in [5, 5.41) is 3.50. The van der Waals surface area contributed by atoms with Crippen LogP contribution in [0.5, 0.6) is 0 Å². The zero-order valence-corrected chi connectivity index (χ0v) is 9.04. The van der Waals surface area contributed by atoms with E-state index in [0.29, 0.717) is 17.5 Å². The largest absolute Gasteiger partial charge is 0.452 e. The van der Waals surface area contributed by atoms with Crippen LogP contribution in [0, 0.1) is 0 Å². The molecule has 0 aliphatic rings. The fraction of sp³-hybridized carbons (Fsp3) is 0.300. The van der Waals surface area contributed by atoms with Crippen LogP contribution in [0.1, 0.15) is 12.6 Å². The Bertz CT molecular complexity index is 436. The number of hydrogen-bond donors (Lipinski definition) is 1. The molecule has 4 nitrogen and oxygen atoms in total. The van der Waals surface area contributed by atoms with Crippen LogP contribution in [-0.4, -0.2) is 11.5 Å². The first-order valence-electron chi connectivity index (χ1n) is 4.69. The standard InChI is InChI=1S/C10H11ClN2O2/c1-2-12-5-8-9(15-6-13-8)7-3-4-14-10(7)11/h3-4,6,12H,2,5H2,1H3. The molecule has 0 aromatic carbocycles. The normalized spacial score (nSPS) is 10.8. The molecule has 0 aliphatic carbocycles. The molecule has 2 heterocycles. The van der Waals surface area contributed by atoms with Gasteiger partial charge < -0.3 is 14.2 Å². The van der Waals surface area contributed by atoms with Gasteiger partial charge in [-0.25, -0.2) is 4.98 Å². The Balaban J connectivity index is 2.29. The van der Waals surface area contributed by atoms with Crippen molar-refractivity contribution in [1.29, 1.82) is 0 Å². The number of nitrogens with one attached hydrogen (secondary N) is 1. The smallest absolute Gasteiger partial charge is 0.204 e. The Kier molecular flexibility index (Phi) is 3.08. The molecule has 0 radical (unpaired) electrons. The van der Waals surface area contributed by atoms with Crippen molar-refractivity contribution >= 4 is 11.6 Å². The van der Waals surface area contributed by atoms with Gasteiger partial charge in [-0.3, -0.25) is 0 Å². The van der Waals surface area contributed by atoms with Gasteiger partial charge in [-0.2, -0.15) is 0 Å². The van der Waals surface area contributed by atoms with E-state index in [0.717, 1.165) is 17.8 Å². The first kappa shape index (κ1) is 10.3. The number of aromatic nitrogens is 1. The zero-order valence-electron chi connectivity index (χ0n) is 8.29. The molecule has 0 spiro atoms. The molecule has 0 saturated carbocycles. The van der Waals surface area contributed by atoms with Gasteiger partial charge in [0.15, 0.2) is 12.2 Å². The van der Waals surface area contributed by atoms with Crippen molar-refractivity contribution in [2.45, 2.75) is 13.5 Å². The van der Waals surface area contributed by atoms with Crippen molar-refractivity contribution in [3.05, 3.63) is 29.6 Å². The first-order chi connectivity index (χ1) is 7.33. The lowest BCUT2D eigenvalue weighted by Crippen LogP contribution is -2.12. The van der Waals surface area contributed by atoms with Gasteiger partial charge in [0.2, 0.25) is 5.22 Å². The molecular formula is C10H11ClN2O2. The minimum absolute atomic E-state index is 0.324. The van der Waals surface area contributed by atoms with E-state index in [2.05, 4.69) is 10.3 Å². The Morgan fingerprint density at radius 2 is 2.33 bits per heavy atom. The summed E-state index contributed by atoms with van der Waals surface area (Å²) in [5.74, 6) is 0.662. The van der Waals surface area contributed by atoms with E-state index in [-0.39, 0.29) is 0 Å². The van der Waals surface area contributed by atoms with Crippen LogP contribution < -0.4 is 5.32 Å². The molecule has 2 aromatic rings. The number of nitrogens with zero attached hydrogens (tertiary/aromatic N) is 1. The summed E-state index contributed by atoms with van der Waals surface area (Å²) in [6, 6.07) is 1.76. The Morgan fingerprint density at radius 1 is 1.47 bits per heavy atom. The van der Waals surface area contributed by atoms with Crippen LogP contribution in [0.3, 0.4) is 0 Å². The highest BCUT2D eigenvalue weighted by molar-refractivity contribution is 6.31. The maximum Gasteiger partial charge on any atom is 0.204 e. The third-order valence-electron chi connectivity index (χ3n) is 2.05. The van der Waals surface area contributed by atoms with Crippen molar-refractivity contribution < 1.29 is 8.83 Å². The minimum Gasteiger partial charge on any atom is -0.452 e. The predicted molar refractivity (Wildman–Crippen MR) is 56.6 cm³/mol. The quantitative estimate of drug-likeness (QED) is 0.871. The summed E-state index contributed by atoms with van der Waals surface area (Å²) in [6.07, 6.45) is 2.93. The maximum atomic E-state index is 5.86. The molecule has 0 amide bonds. The van der Waals surface area contributed by atoms with Crippen LogP contribution in [0.4, 0.5) is 0 Å². The van der Waals surface area contributed by atoms with Crippen LogP contribution in [0.2, 0.25) is 5.22 Å². The van der Waals surface area contributed by atoms with Gasteiger partial charge in [-0.1, -0.05) is 6.92 Å². The summed E-state index contributed by atoms with van der Waals surface area (Å²) in [5.41, 5.74) is 1.57. The average Bonchev–Trinajstić information content (AvgIpc) is 2.82. The molecular weight excluding hydrogens is 216 g/mol. The van der Waals surface area contributed by atoms with Gasteiger partial charge in [-0.15, -0.1) is 0 Å². The number of furan rings is 1. The highest BCUT2D eigenvalue weighted by Crippen LogP contribution is 2.30. The molecule has 0 fully saturated rings. The highest BCUT2D eigenvalue weighted by atomic mass is 35.5. The highest BCUT2D eigenvalue weighted by Gasteiger charge is 2.15. The lowest BCUT2D eigenvalue weighted by atomic mass is 10.2. The van der Waals surface area contributed by atoms with Gasteiger partial charge in [0, 0.05) is 6.54 Å². The van der Waals surface area contributed by atoms with Crippen molar-refractivity contribution in [2.75, 3.05) is 6.54 Å². The van der Waals surface area contributed by atoms with E-state index in [9.17, 15) is 0 Å². The number of oxazole rings is 1. The molecule has 5 heteroatoms. The summed E-state index contributed by atoms with van der Waals surface area (Å²) in [4.78, 5) is 4.12. The molecule has 80 valence electrons. The molecule has 2 aromatic heterocycles. The van der Waals surface area contributed by atoms with E-state index >= 15 is 0 Å². The van der Waals surface area contributed by atoms with Gasteiger partial charge in [-0.05, 0) is 24.2 Å². The number of halogens is 1. The fourth-order valence-electron chi connectivity index (χ4n) is 1.31. The third-order valence-corrected chi connectivity index (χ3v) is 2.34. The lowest BCUT2D eigenvalue weighted by molar-refractivity contribution is 0.557. The van der Waals surface area contributed by atoms with Crippen molar-refractivity contribution in [1.82, 2.24) is 10.3 Å². The summed E-state index contributed by atoms with van der Waals surface area (Å²) >= 11 is 5.86. The van der Waals surface area contributed by atoms with Gasteiger partial charge in [0.1, 0.15) is 5.69 Å². The lowest BCUT2D eigenvalue weighted by Gasteiger charge is -1.99. The zero-order chi connectivity index (χ0) is 10.7. The topological polar surface area (TPSA) is 51.2 Å². The predicted octanol–water partition coefficient (Wildman–Crippen LogP) is 2.70. The van der Waals surface area contributed by atoms with Crippen LogP contribution in [-0.2, 0) is 6.54 Å². The van der Waals surface area contributed by atoms with Crippen molar-refractivity contribution in [3.8, 4) is 11.3 Å². The van der Waals surface area contributed by atoms with E-state index in [4.69, 9.17) is 20.4 Å². The third kappa shape index (κ3) is 2.06. The van der Waals surface area contributed by atoms with E-state index in [1.54, 1.807) is 6.07 Å². The van der Waals surface area contributed by atoms with Gasteiger partial charge in [0.25, 0.3) is 0 Å². The first-order valence-corrected chi connectivity index (χ1v) is 5.07. The second-order valence-corrected chi connectivity index (χ2v) is 3.36. The van der Waals surface area contributed by atoms with Crippen LogP contribution >= 0.6 is 11.6 Å². The Morgan fingerprint density at radius 3 is 3.00 bits per heavy atom.